The van der Waals surface area contributed by atoms with Crippen LogP contribution in [0.25, 0.3) is 16.8 Å². The maximum Gasteiger partial charge on any atom is 0.252 e. The molecule has 1 heterocycles. The molecule has 0 bridgehead atoms. The van der Waals surface area contributed by atoms with Gasteiger partial charge < -0.3 is 5.32 Å². The zero-order valence-corrected chi connectivity index (χ0v) is 12.7. The average Bonchev–Trinajstić information content (AvgIpc) is 3.09. The van der Waals surface area contributed by atoms with E-state index >= 15 is 0 Å². The molecule has 0 saturated carbocycles. The number of hydrogen-bond donors (Lipinski definition) is 1. The van der Waals surface area contributed by atoms with Gasteiger partial charge in [0.15, 0.2) is 0 Å². The Morgan fingerprint density at radius 3 is 2.50 bits per heavy atom. The van der Waals surface area contributed by atoms with Crippen LogP contribution in [0.15, 0.2) is 60.9 Å². The van der Waals surface area contributed by atoms with Gasteiger partial charge in [-0.2, -0.15) is 5.10 Å². The number of rotatable bonds is 3. The highest BCUT2D eigenvalue weighted by molar-refractivity contribution is 6.34. The molecule has 1 amide bonds. The van der Waals surface area contributed by atoms with Crippen LogP contribution < -0.4 is 5.32 Å². The van der Waals surface area contributed by atoms with Crippen molar-refractivity contribution in [2.45, 2.75) is 0 Å². The highest BCUT2D eigenvalue weighted by Gasteiger charge is 2.10. The van der Waals surface area contributed by atoms with Crippen molar-refractivity contribution in [1.82, 2.24) is 15.1 Å². The standard InChI is InChI=1S/C17H14ClN3O/c1-19-17(22)15-11-13(5-8-16(15)18)12-3-6-14(7-4-12)21-10-2-9-20-21/h2-11H,1H3,(H,19,22). The van der Waals surface area contributed by atoms with Crippen LogP contribution >= 0.6 is 11.6 Å². The van der Waals surface area contributed by atoms with Crippen LogP contribution in [0.5, 0.6) is 0 Å². The van der Waals surface area contributed by atoms with Crippen molar-refractivity contribution >= 4 is 17.5 Å². The van der Waals surface area contributed by atoms with Crippen molar-refractivity contribution in [2.75, 3.05) is 7.05 Å². The molecule has 0 fully saturated rings. The van der Waals surface area contributed by atoms with E-state index in [1.54, 1.807) is 30.1 Å². The number of benzene rings is 2. The molecule has 3 aromatic rings. The quantitative estimate of drug-likeness (QED) is 0.804. The van der Waals surface area contributed by atoms with E-state index in [1.165, 1.54) is 0 Å². The smallest absolute Gasteiger partial charge is 0.252 e. The lowest BCUT2D eigenvalue weighted by atomic mass is 10.0. The van der Waals surface area contributed by atoms with Gasteiger partial charge in [-0.1, -0.05) is 29.8 Å². The second-order valence-electron chi connectivity index (χ2n) is 4.77. The van der Waals surface area contributed by atoms with Gasteiger partial charge in [0.05, 0.1) is 16.3 Å². The van der Waals surface area contributed by atoms with Crippen molar-refractivity contribution in [3.63, 3.8) is 0 Å². The fourth-order valence-corrected chi connectivity index (χ4v) is 2.45. The molecule has 0 saturated heterocycles. The van der Waals surface area contributed by atoms with E-state index in [-0.39, 0.29) is 5.91 Å². The van der Waals surface area contributed by atoms with Crippen molar-refractivity contribution in [2.24, 2.45) is 0 Å². The third-order valence-electron chi connectivity index (χ3n) is 3.41. The first-order valence-electron chi connectivity index (χ1n) is 6.81. The predicted molar refractivity (Wildman–Crippen MR) is 87.4 cm³/mol. The normalized spacial score (nSPS) is 10.5. The SMILES string of the molecule is CNC(=O)c1cc(-c2ccc(-n3cccn3)cc2)ccc1Cl. The molecule has 0 aliphatic carbocycles. The molecular weight excluding hydrogens is 298 g/mol. The molecule has 0 unspecified atom stereocenters. The lowest BCUT2D eigenvalue weighted by Crippen LogP contribution is -2.18. The van der Waals surface area contributed by atoms with Gasteiger partial charge in [-0.15, -0.1) is 0 Å². The van der Waals surface area contributed by atoms with E-state index < -0.39 is 0 Å². The maximum atomic E-state index is 11.8. The molecule has 0 aliphatic rings. The molecule has 0 atom stereocenters. The van der Waals surface area contributed by atoms with E-state index in [4.69, 9.17) is 11.6 Å². The predicted octanol–water partition coefficient (Wildman–Crippen LogP) is 3.55. The van der Waals surface area contributed by atoms with Gasteiger partial charge in [0.1, 0.15) is 0 Å². The van der Waals surface area contributed by atoms with Gasteiger partial charge >= 0.3 is 0 Å². The van der Waals surface area contributed by atoms with Crippen LogP contribution in [0, 0.1) is 0 Å². The fourth-order valence-electron chi connectivity index (χ4n) is 2.24. The van der Waals surface area contributed by atoms with Gasteiger partial charge in [0, 0.05) is 19.4 Å². The molecule has 0 aliphatic heterocycles. The Labute approximate surface area is 133 Å². The minimum absolute atomic E-state index is 0.194. The number of aromatic nitrogens is 2. The fraction of sp³-hybridized carbons (Fsp3) is 0.0588. The van der Waals surface area contributed by atoms with Crippen molar-refractivity contribution in [3.05, 3.63) is 71.5 Å². The largest absolute Gasteiger partial charge is 0.355 e. The number of hydrogen-bond acceptors (Lipinski definition) is 2. The van der Waals surface area contributed by atoms with Crippen LogP contribution in [0.4, 0.5) is 0 Å². The molecule has 2 aromatic carbocycles. The van der Waals surface area contributed by atoms with Gasteiger partial charge in [-0.3, -0.25) is 4.79 Å². The summed E-state index contributed by atoms with van der Waals surface area (Å²) >= 11 is 6.08. The molecule has 3 rings (SSSR count). The van der Waals surface area contributed by atoms with E-state index in [2.05, 4.69) is 10.4 Å². The summed E-state index contributed by atoms with van der Waals surface area (Å²) in [5, 5.41) is 7.23. The number of amides is 1. The second-order valence-corrected chi connectivity index (χ2v) is 5.18. The maximum absolute atomic E-state index is 11.8. The Morgan fingerprint density at radius 2 is 1.86 bits per heavy atom. The van der Waals surface area contributed by atoms with Gasteiger partial charge in [-0.05, 0) is 41.5 Å². The number of carbonyl (C=O) groups excluding carboxylic acids is 1. The molecule has 0 spiro atoms. The zero-order valence-electron chi connectivity index (χ0n) is 12.0. The topological polar surface area (TPSA) is 46.9 Å². The molecule has 110 valence electrons. The molecule has 1 aromatic heterocycles. The third-order valence-corrected chi connectivity index (χ3v) is 3.74. The summed E-state index contributed by atoms with van der Waals surface area (Å²) in [7, 11) is 1.59. The van der Waals surface area contributed by atoms with Crippen LogP contribution in [-0.4, -0.2) is 22.7 Å². The second kappa shape index (κ2) is 6.03. The molecule has 1 N–H and O–H groups in total. The summed E-state index contributed by atoms with van der Waals surface area (Å²) < 4.78 is 1.79. The summed E-state index contributed by atoms with van der Waals surface area (Å²) in [6.45, 7) is 0. The summed E-state index contributed by atoms with van der Waals surface area (Å²) in [5.74, 6) is -0.194. The summed E-state index contributed by atoms with van der Waals surface area (Å²) in [6.07, 6.45) is 3.63. The molecule has 4 nitrogen and oxygen atoms in total. The molecule has 5 heteroatoms. The Balaban J connectivity index is 1.96. The molecular formula is C17H14ClN3O. The van der Waals surface area contributed by atoms with Gasteiger partial charge in [0.25, 0.3) is 5.91 Å². The van der Waals surface area contributed by atoms with Crippen LogP contribution in [0.1, 0.15) is 10.4 Å². The third kappa shape index (κ3) is 2.73. The van der Waals surface area contributed by atoms with Crippen molar-refractivity contribution < 1.29 is 4.79 Å². The Kier molecular flexibility index (Phi) is 3.94. The minimum atomic E-state index is -0.194. The molecule has 0 radical (unpaired) electrons. The first kappa shape index (κ1) is 14.4. The first-order valence-corrected chi connectivity index (χ1v) is 7.19. The number of carbonyl (C=O) groups is 1. The highest BCUT2D eigenvalue weighted by Crippen LogP contribution is 2.26. The van der Waals surface area contributed by atoms with Gasteiger partial charge in [-0.25, -0.2) is 4.68 Å². The van der Waals surface area contributed by atoms with Crippen LogP contribution in [0.3, 0.4) is 0 Å². The Hall–Kier alpha value is -2.59. The number of nitrogens with one attached hydrogen (secondary N) is 1. The van der Waals surface area contributed by atoms with Crippen molar-refractivity contribution in [1.29, 1.82) is 0 Å². The number of halogens is 1. The average molecular weight is 312 g/mol. The lowest BCUT2D eigenvalue weighted by molar-refractivity contribution is 0.0963. The highest BCUT2D eigenvalue weighted by atomic mass is 35.5. The zero-order chi connectivity index (χ0) is 15.5. The Morgan fingerprint density at radius 1 is 1.14 bits per heavy atom. The van der Waals surface area contributed by atoms with E-state index in [9.17, 15) is 4.79 Å². The van der Waals surface area contributed by atoms with E-state index in [0.717, 1.165) is 16.8 Å². The minimum Gasteiger partial charge on any atom is -0.355 e. The van der Waals surface area contributed by atoms with Gasteiger partial charge in [0.2, 0.25) is 0 Å². The lowest BCUT2D eigenvalue weighted by Gasteiger charge is -2.08. The first-order chi connectivity index (χ1) is 10.7. The summed E-state index contributed by atoms with van der Waals surface area (Å²) in [6, 6.07) is 15.3. The summed E-state index contributed by atoms with van der Waals surface area (Å²) in [4.78, 5) is 11.8. The van der Waals surface area contributed by atoms with Crippen LogP contribution in [0.2, 0.25) is 5.02 Å². The number of nitrogens with zero attached hydrogens (tertiary/aromatic N) is 2. The van der Waals surface area contributed by atoms with Crippen LogP contribution in [-0.2, 0) is 0 Å². The van der Waals surface area contributed by atoms with E-state index in [0.29, 0.717) is 10.6 Å². The monoisotopic (exact) mass is 311 g/mol. The van der Waals surface area contributed by atoms with Crippen molar-refractivity contribution in [3.8, 4) is 16.8 Å². The van der Waals surface area contributed by atoms with E-state index in [1.807, 2.05) is 42.6 Å². The summed E-state index contributed by atoms with van der Waals surface area (Å²) in [5.41, 5.74) is 3.40. The Bertz CT molecular complexity index is 795. The molecule has 22 heavy (non-hydrogen) atoms.